The highest BCUT2D eigenvalue weighted by molar-refractivity contribution is 5.92. The number of nitrogens with zero attached hydrogens (tertiary/aromatic N) is 3. The summed E-state index contributed by atoms with van der Waals surface area (Å²) in [6.45, 7) is 2.91. The molecular formula is C16H18N4O. The molecule has 5 nitrogen and oxygen atoms in total. The first-order chi connectivity index (χ1) is 10.3. The van der Waals surface area contributed by atoms with Crippen LogP contribution in [0.2, 0.25) is 0 Å². The van der Waals surface area contributed by atoms with Crippen LogP contribution in [0.1, 0.15) is 18.0 Å². The van der Waals surface area contributed by atoms with Crippen LogP contribution in [0.15, 0.2) is 34.7 Å². The second-order valence-corrected chi connectivity index (χ2v) is 5.04. The minimum atomic E-state index is 0.566. The SMILES string of the molecule is CNCCCc1nnc(-c2cc(C)nc3ccccc23)o1. The van der Waals surface area contributed by atoms with Gasteiger partial charge in [0.05, 0.1) is 5.52 Å². The number of pyridine rings is 1. The van der Waals surface area contributed by atoms with Crippen molar-refractivity contribution in [2.75, 3.05) is 13.6 Å². The minimum absolute atomic E-state index is 0.566. The second kappa shape index (κ2) is 6.01. The van der Waals surface area contributed by atoms with Gasteiger partial charge in [-0.1, -0.05) is 18.2 Å². The molecule has 1 N–H and O–H groups in total. The van der Waals surface area contributed by atoms with Crippen LogP contribution < -0.4 is 5.32 Å². The largest absolute Gasteiger partial charge is 0.421 e. The first-order valence-electron chi connectivity index (χ1n) is 7.11. The molecule has 0 aliphatic carbocycles. The predicted molar refractivity (Wildman–Crippen MR) is 82.0 cm³/mol. The topological polar surface area (TPSA) is 63.8 Å². The van der Waals surface area contributed by atoms with Gasteiger partial charge in [0.25, 0.3) is 0 Å². The third-order valence-electron chi connectivity index (χ3n) is 3.36. The Morgan fingerprint density at radius 3 is 2.90 bits per heavy atom. The standard InChI is InChI=1S/C16H18N4O/c1-11-10-13(12-6-3-4-7-14(12)18-11)16-20-19-15(21-16)8-5-9-17-2/h3-4,6-7,10,17H,5,8-9H2,1-2H3. The lowest BCUT2D eigenvalue weighted by Crippen LogP contribution is -2.08. The molecule has 0 saturated heterocycles. The summed E-state index contributed by atoms with van der Waals surface area (Å²) in [5, 5.41) is 12.5. The van der Waals surface area contributed by atoms with Crippen LogP contribution in [0.5, 0.6) is 0 Å². The maximum atomic E-state index is 5.80. The summed E-state index contributed by atoms with van der Waals surface area (Å²) in [4.78, 5) is 4.53. The molecule has 0 aliphatic rings. The summed E-state index contributed by atoms with van der Waals surface area (Å²) in [6.07, 6.45) is 1.77. The molecule has 0 saturated carbocycles. The van der Waals surface area contributed by atoms with Crippen molar-refractivity contribution in [3.05, 3.63) is 41.9 Å². The summed E-state index contributed by atoms with van der Waals surface area (Å²) in [5.74, 6) is 1.25. The van der Waals surface area contributed by atoms with Crippen molar-refractivity contribution in [2.45, 2.75) is 19.8 Å². The Morgan fingerprint density at radius 2 is 2.05 bits per heavy atom. The Morgan fingerprint density at radius 1 is 1.19 bits per heavy atom. The van der Waals surface area contributed by atoms with Gasteiger partial charge in [0.2, 0.25) is 11.8 Å². The van der Waals surface area contributed by atoms with Crippen LogP contribution in [0.3, 0.4) is 0 Å². The molecule has 2 aromatic heterocycles. The van der Waals surface area contributed by atoms with E-state index >= 15 is 0 Å². The quantitative estimate of drug-likeness (QED) is 0.729. The van der Waals surface area contributed by atoms with Gasteiger partial charge in [-0.15, -0.1) is 10.2 Å². The van der Waals surface area contributed by atoms with Gasteiger partial charge in [-0.2, -0.15) is 0 Å². The van der Waals surface area contributed by atoms with Crippen molar-refractivity contribution >= 4 is 10.9 Å². The highest BCUT2D eigenvalue weighted by Crippen LogP contribution is 2.27. The number of aryl methyl sites for hydroxylation is 2. The van der Waals surface area contributed by atoms with Crippen molar-refractivity contribution in [3.8, 4) is 11.5 Å². The van der Waals surface area contributed by atoms with E-state index in [1.54, 1.807) is 0 Å². The molecule has 0 radical (unpaired) electrons. The van der Waals surface area contributed by atoms with Gasteiger partial charge in [0.15, 0.2) is 0 Å². The van der Waals surface area contributed by atoms with Crippen LogP contribution in [0, 0.1) is 6.92 Å². The van der Waals surface area contributed by atoms with Crippen molar-refractivity contribution in [1.82, 2.24) is 20.5 Å². The van der Waals surface area contributed by atoms with Gasteiger partial charge < -0.3 is 9.73 Å². The Kier molecular flexibility index (Phi) is 3.92. The van der Waals surface area contributed by atoms with Gasteiger partial charge >= 0.3 is 0 Å². The number of nitrogens with one attached hydrogen (secondary N) is 1. The lowest BCUT2D eigenvalue weighted by atomic mass is 10.1. The van der Waals surface area contributed by atoms with Crippen LogP contribution in [-0.4, -0.2) is 28.8 Å². The average molecular weight is 282 g/mol. The van der Waals surface area contributed by atoms with Crippen molar-refractivity contribution < 1.29 is 4.42 Å². The summed E-state index contributed by atoms with van der Waals surface area (Å²) >= 11 is 0. The fourth-order valence-electron chi connectivity index (χ4n) is 2.36. The fourth-order valence-corrected chi connectivity index (χ4v) is 2.36. The molecule has 0 bridgehead atoms. The third-order valence-corrected chi connectivity index (χ3v) is 3.36. The van der Waals surface area contributed by atoms with Crippen molar-refractivity contribution in [1.29, 1.82) is 0 Å². The van der Waals surface area contributed by atoms with E-state index in [0.717, 1.165) is 41.5 Å². The number of hydrogen-bond donors (Lipinski definition) is 1. The predicted octanol–water partition coefficient (Wildman–Crippen LogP) is 2.75. The Hall–Kier alpha value is -2.27. The number of aromatic nitrogens is 3. The maximum Gasteiger partial charge on any atom is 0.248 e. The second-order valence-electron chi connectivity index (χ2n) is 5.04. The molecule has 1 aromatic carbocycles. The van der Waals surface area contributed by atoms with Gasteiger partial charge in [-0.3, -0.25) is 4.98 Å². The van der Waals surface area contributed by atoms with E-state index in [1.807, 2.05) is 44.3 Å². The zero-order valence-electron chi connectivity index (χ0n) is 12.3. The Labute approximate surface area is 123 Å². The number of hydrogen-bond acceptors (Lipinski definition) is 5. The van der Waals surface area contributed by atoms with Crippen LogP contribution >= 0.6 is 0 Å². The normalized spacial score (nSPS) is 11.1. The molecule has 3 rings (SSSR count). The first kappa shape index (κ1) is 13.7. The van der Waals surface area contributed by atoms with E-state index < -0.39 is 0 Å². The molecule has 108 valence electrons. The fraction of sp³-hybridized carbons (Fsp3) is 0.312. The number of benzene rings is 1. The molecular weight excluding hydrogens is 264 g/mol. The Bertz CT molecular complexity index is 751. The molecule has 21 heavy (non-hydrogen) atoms. The van der Waals surface area contributed by atoms with Crippen LogP contribution in [-0.2, 0) is 6.42 Å². The molecule has 0 atom stereocenters. The highest BCUT2D eigenvalue weighted by Gasteiger charge is 2.12. The monoisotopic (exact) mass is 282 g/mol. The van der Waals surface area contributed by atoms with Gasteiger partial charge in [0, 0.05) is 23.1 Å². The summed E-state index contributed by atoms with van der Waals surface area (Å²) in [7, 11) is 1.94. The average Bonchev–Trinajstić information content (AvgIpc) is 2.95. The maximum absolute atomic E-state index is 5.80. The molecule has 0 fully saturated rings. The van der Waals surface area contributed by atoms with Gasteiger partial charge in [-0.05, 0) is 39.1 Å². The Balaban J connectivity index is 1.97. The lowest BCUT2D eigenvalue weighted by molar-refractivity contribution is 0.495. The lowest BCUT2D eigenvalue weighted by Gasteiger charge is -2.03. The molecule has 0 amide bonds. The van der Waals surface area contributed by atoms with Crippen molar-refractivity contribution in [3.63, 3.8) is 0 Å². The van der Waals surface area contributed by atoms with E-state index in [2.05, 4.69) is 20.5 Å². The van der Waals surface area contributed by atoms with E-state index in [1.165, 1.54) is 0 Å². The molecule has 0 aliphatic heterocycles. The molecule has 2 heterocycles. The molecule has 0 unspecified atom stereocenters. The number of fused-ring (bicyclic) bond motifs is 1. The van der Waals surface area contributed by atoms with Gasteiger partial charge in [-0.25, -0.2) is 0 Å². The van der Waals surface area contributed by atoms with Crippen LogP contribution in [0.4, 0.5) is 0 Å². The zero-order chi connectivity index (χ0) is 14.7. The summed E-state index contributed by atoms with van der Waals surface area (Å²) in [6, 6.07) is 9.99. The first-order valence-corrected chi connectivity index (χ1v) is 7.11. The van der Waals surface area contributed by atoms with Gasteiger partial charge in [0.1, 0.15) is 0 Å². The number of rotatable bonds is 5. The highest BCUT2D eigenvalue weighted by atomic mass is 16.4. The molecule has 3 aromatic rings. The van der Waals surface area contributed by atoms with Crippen LogP contribution in [0.25, 0.3) is 22.4 Å². The summed E-state index contributed by atoms with van der Waals surface area (Å²) < 4.78 is 5.80. The van der Waals surface area contributed by atoms with E-state index in [-0.39, 0.29) is 0 Å². The van der Waals surface area contributed by atoms with E-state index in [9.17, 15) is 0 Å². The van der Waals surface area contributed by atoms with E-state index in [4.69, 9.17) is 4.42 Å². The summed E-state index contributed by atoms with van der Waals surface area (Å²) in [5.41, 5.74) is 2.84. The third kappa shape index (κ3) is 2.92. The molecule has 5 heteroatoms. The molecule has 0 spiro atoms. The number of para-hydroxylation sites is 1. The van der Waals surface area contributed by atoms with E-state index in [0.29, 0.717) is 11.8 Å². The smallest absolute Gasteiger partial charge is 0.248 e. The van der Waals surface area contributed by atoms with Crippen molar-refractivity contribution in [2.24, 2.45) is 0 Å². The zero-order valence-corrected chi connectivity index (χ0v) is 12.3. The minimum Gasteiger partial charge on any atom is -0.421 e.